The predicted molar refractivity (Wildman–Crippen MR) is 86.3 cm³/mol. The summed E-state index contributed by atoms with van der Waals surface area (Å²) in [6, 6.07) is 6.93. The van der Waals surface area contributed by atoms with Gasteiger partial charge in [0.2, 0.25) is 5.91 Å². The van der Waals surface area contributed by atoms with Crippen LogP contribution in [0.25, 0.3) is 0 Å². The topological polar surface area (TPSA) is 78.4 Å². The molecule has 0 aliphatic carbocycles. The summed E-state index contributed by atoms with van der Waals surface area (Å²) in [6.07, 6.45) is 1.21. The Hall–Kier alpha value is -2.14. The van der Waals surface area contributed by atoms with Crippen molar-refractivity contribution in [2.75, 3.05) is 6.54 Å². The molecule has 0 aliphatic heterocycles. The molecular weight excluding hydrogens is 280 g/mol. The van der Waals surface area contributed by atoms with E-state index in [-0.39, 0.29) is 24.3 Å². The SMILES string of the molecule is C=CC(=O)NCc1ccc(C(=O)NCC(C)(O)C(C)C)cc1. The fourth-order valence-corrected chi connectivity index (χ4v) is 1.60. The Labute approximate surface area is 131 Å². The molecule has 0 bridgehead atoms. The summed E-state index contributed by atoms with van der Waals surface area (Å²) in [5.41, 5.74) is 0.462. The molecule has 5 heteroatoms. The van der Waals surface area contributed by atoms with E-state index < -0.39 is 5.60 Å². The van der Waals surface area contributed by atoms with Gasteiger partial charge in [0, 0.05) is 18.7 Å². The van der Waals surface area contributed by atoms with Crippen molar-refractivity contribution in [2.45, 2.75) is 32.9 Å². The van der Waals surface area contributed by atoms with Gasteiger partial charge in [0.15, 0.2) is 0 Å². The molecule has 1 atom stereocenters. The third kappa shape index (κ3) is 5.33. The lowest BCUT2D eigenvalue weighted by Crippen LogP contribution is -2.44. The first-order chi connectivity index (χ1) is 10.3. The van der Waals surface area contributed by atoms with Gasteiger partial charge in [0.25, 0.3) is 5.91 Å². The molecule has 120 valence electrons. The Morgan fingerprint density at radius 2 is 1.86 bits per heavy atom. The van der Waals surface area contributed by atoms with E-state index >= 15 is 0 Å². The Kier molecular flexibility index (Phi) is 6.31. The normalized spacial score (nSPS) is 13.3. The summed E-state index contributed by atoms with van der Waals surface area (Å²) in [5.74, 6) is -0.427. The number of carbonyl (C=O) groups excluding carboxylic acids is 2. The van der Waals surface area contributed by atoms with Crippen LogP contribution in [0, 0.1) is 5.92 Å². The van der Waals surface area contributed by atoms with Gasteiger partial charge in [0.1, 0.15) is 0 Å². The second-order valence-corrected chi connectivity index (χ2v) is 5.81. The Balaban J connectivity index is 2.57. The maximum absolute atomic E-state index is 12.0. The molecule has 0 saturated heterocycles. The van der Waals surface area contributed by atoms with Crippen molar-refractivity contribution in [1.29, 1.82) is 0 Å². The maximum Gasteiger partial charge on any atom is 0.251 e. The van der Waals surface area contributed by atoms with Gasteiger partial charge < -0.3 is 15.7 Å². The first-order valence-electron chi connectivity index (χ1n) is 7.26. The molecule has 0 saturated carbocycles. The number of hydrogen-bond donors (Lipinski definition) is 3. The average molecular weight is 304 g/mol. The van der Waals surface area contributed by atoms with Gasteiger partial charge in [-0.3, -0.25) is 9.59 Å². The monoisotopic (exact) mass is 304 g/mol. The maximum atomic E-state index is 12.0. The summed E-state index contributed by atoms with van der Waals surface area (Å²) >= 11 is 0. The zero-order chi connectivity index (χ0) is 16.8. The standard InChI is InChI=1S/C17H24N2O3/c1-5-15(20)18-10-13-6-8-14(9-7-13)16(21)19-11-17(4,22)12(2)3/h5-9,12,22H,1,10-11H2,2-4H3,(H,18,20)(H,19,21). The largest absolute Gasteiger partial charge is 0.388 e. The van der Waals surface area contributed by atoms with Crippen LogP contribution in [0.5, 0.6) is 0 Å². The summed E-state index contributed by atoms with van der Waals surface area (Å²) in [6.45, 7) is 9.46. The minimum atomic E-state index is -0.940. The quantitative estimate of drug-likeness (QED) is 0.670. The van der Waals surface area contributed by atoms with Gasteiger partial charge in [-0.1, -0.05) is 32.6 Å². The Morgan fingerprint density at radius 1 is 1.27 bits per heavy atom. The van der Waals surface area contributed by atoms with Crippen LogP contribution >= 0.6 is 0 Å². The molecular formula is C17H24N2O3. The minimum absolute atomic E-state index is 0.0450. The van der Waals surface area contributed by atoms with Crippen LogP contribution in [-0.2, 0) is 11.3 Å². The lowest BCUT2D eigenvalue weighted by molar-refractivity contribution is -0.116. The van der Waals surface area contributed by atoms with Gasteiger partial charge in [-0.2, -0.15) is 0 Å². The van der Waals surface area contributed by atoms with Gasteiger partial charge in [0.05, 0.1) is 5.60 Å². The number of hydrogen-bond acceptors (Lipinski definition) is 3. The molecule has 0 radical (unpaired) electrons. The molecule has 1 unspecified atom stereocenters. The van der Waals surface area contributed by atoms with Gasteiger partial charge in [-0.25, -0.2) is 0 Å². The van der Waals surface area contributed by atoms with Crippen molar-refractivity contribution >= 4 is 11.8 Å². The van der Waals surface area contributed by atoms with E-state index in [1.807, 2.05) is 13.8 Å². The molecule has 1 rings (SSSR count). The summed E-state index contributed by atoms with van der Waals surface area (Å²) < 4.78 is 0. The number of rotatable bonds is 7. The van der Waals surface area contributed by atoms with Crippen molar-refractivity contribution in [1.82, 2.24) is 10.6 Å². The Bertz CT molecular complexity index is 533. The van der Waals surface area contributed by atoms with Crippen LogP contribution in [0.4, 0.5) is 0 Å². The molecule has 22 heavy (non-hydrogen) atoms. The molecule has 1 aromatic carbocycles. The Morgan fingerprint density at radius 3 is 2.36 bits per heavy atom. The number of carbonyl (C=O) groups is 2. The van der Waals surface area contributed by atoms with Gasteiger partial charge >= 0.3 is 0 Å². The smallest absolute Gasteiger partial charge is 0.251 e. The predicted octanol–water partition coefficient (Wildman–Crippen LogP) is 1.63. The fraction of sp³-hybridized carbons (Fsp3) is 0.412. The number of nitrogens with one attached hydrogen (secondary N) is 2. The van der Waals surface area contributed by atoms with Gasteiger partial charge in [-0.15, -0.1) is 0 Å². The first kappa shape index (κ1) is 17.9. The van der Waals surface area contributed by atoms with E-state index in [2.05, 4.69) is 17.2 Å². The third-order valence-electron chi connectivity index (χ3n) is 3.72. The van der Waals surface area contributed by atoms with Crippen LogP contribution in [-0.4, -0.2) is 29.1 Å². The van der Waals surface area contributed by atoms with Crippen molar-refractivity contribution in [3.63, 3.8) is 0 Å². The van der Waals surface area contributed by atoms with Crippen molar-refractivity contribution in [3.05, 3.63) is 48.0 Å². The van der Waals surface area contributed by atoms with Crippen LogP contribution in [0.15, 0.2) is 36.9 Å². The number of benzene rings is 1. The molecule has 3 N–H and O–H groups in total. The lowest BCUT2D eigenvalue weighted by Gasteiger charge is -2.27. The summed E-state index contributed by atoms with van der Waals surface area (Å²) in [4.78, 5) is 23.1. The van der Waals surface area contributed by atoms with E-state index in [1.54, 1.807) is 31.2 Å². The molecule has 0 aliphatic rings. The molecule has 0 heterocycles. The molecule has 5 nitrogen and oxygen atoms in total. The number of amides is 2. The second kappa shape index (κ2) is 7.75. The third-order valence-corrected chi connectivity index (χ3v) is 3.72. The molecule has 1 aromatic rings. The van der Waals surface area contributed by atoms with Crippen LogP contribution in [0.3, 0.4) is 0 Å². The average Bonchev–Trinajstić information content (AvgIpc) is 2.50. The van der Waals surface area contributed by atoms with Gasteiger partial charge in [-0.05, 0) is 36.6 Å². The molecule has 0 fully saturated rings. The zero-order valence-corrected chi connectivity index (χ0v) is 13.3. The summed E-state index contributed by atoms with van der Waals surface area (Å²) in [5, 5.41) is 15.5. The molecule has 2 amide bonds. The summed E-state index contributed by atoms with van der Waals surface area (Å²) in [7, 11) is 0. The van der Waals surface area contributed by atoms with Crippen molar-refractivity contribution in [3.8, 4) is 0 Å². The second-order valence-electron chi connectivity index (χ2n) is 5.81. The van der Waals surface area contributed by atoms with E-state index in [0.717, 1.165) is 5.56 Å². The first-order valence-corrected chi connectivity index (χ1v) is 7.26. The highest BCUT2D eigenvalue weighted by Gasteiger charge is 2.25. The van der Waals surface area contributed by atoms with Crippen molar-refractivity contribution in [2.24, 2.45) is 5.92 Å². The van der Waals surface area contributed by atoms with E-state index in [0.29, 0.717) is 12.1 Å². The highest BCUT2D eigenvalue weighted by atomic mass is 16.3. The lowest BCUT2D eigenvalue weighted by atomic mass is 9.92. The highest BCUT2D eigenvalue weighted by Crippen LogP contribution is 2.14. The number of aliphatic hydroxyl groups is 1. The van der Waals surface area contributed by atoms with Crippen LogP contribution in [0.2, 0.25) is 0 Å². The fourth-order valence-electron chi connectivity index (χ4n) is 1.60. The van der Waals surface area contributed by atoms with Crippen LogP contribution in [0.1, 0.15) is 36.7 Å². The minimum Gasteiger partial charge on any atom is -0.388 e. The highest BCUT2D eigenvalue weighted by molar-refractivity contribution is 5.94. The van der Waals surface area contributed by atoms with Crippen molar-refractivity contribution < 1.29 is 14.7 Å². The van der Waals surface area contributed by atoms with E-state index in [9.17, 15) is 14.7 Å². The van der Waals surface area contributed by atoms with E-state index in [4.69, 9.17) is 0 Å². The molecule has 0 spiro atoms. The zero-order valence-electron chi connectivity index (χ0n) is 13.3. The molecule has 0 aromatic heterocycles. The van der Waals surface area contributed by atoms with E-state index in [1.165, 1.54) is 6.08 Å². The van der Waals surface area contributed by atoms with Crippen LogP contribution < -0.4 is 10.6 Å².